The molecule has 1 aromatic carbocycles. The van der Waals surface area contributed by atoms with Crippen LogP contribution in [-0.2, 0) is 25.8 Å². The zero-order valence-electron chi connectivity index (χ0n) is 19.8. The Balaban J connectivity index is 1.42. The Labute approximate surface area is 211 Å². The Morgan fingerprint density at radius 1 is 1.14 bits per heavy atom. The van der Waals surface area contributed by atoms with Crippen molar-refractivity contribution in [3.8, 4) is 0 Å². The van der Waals surface area contributed by atoms with Crippen LogP contribution >= 0.6 is 11.8 Å². The molecule has 1 unspecified atom stereocenters. The third-order valence-electron chi connectivity index (χ3n) is 7.67. The van der Waals surface area contributed by atoms with Crippen molar-refractivity contribution in [3.63, 3.8) is 0 Å². The zero-order valence-corrected chi connectivity index (χ0v) is 20.6. The number of hydrogen-bond donors (Lipinski definition) is 1. The normalized spacial score (nSPS) is 33.7. The smallest absolute Gasteiger partial charge is 0.311 e. The van der Waals surface area contributed by atoms with Gasteiger partial charge in [0.05, 0.1) is 35.3 Å². The molecule has 2 saturated heterocycles. The quantitative estimate of drug-likeness (QED) is 0.479. The summed E-state index contributed by atoms with van der Waals surface area (Å²) in [5.41, 5.74) is 1.53. The molecule has 1 aromatic heterocycles. The molecule has 10 nitrogen and oxygen atoms in total. The van der Waals surface area contributed by atoms with Crippen molar-refractivity contribution in [3.05, 3.63) is 48.6 Å². The predicted octanol–water partition coefficient (Wildman–Crippen LogP) is 0.970. The van der Waals surface area contributed by atoms with Crippen LogP contribution in [0, 0.1) is 11.8 Å². The van der Waals surface area contributed by atoms with E-state index in [2.05, 4.69) is 10.3 Å². The van der Waals surface area contributed by atoms with Crippen molar-refractivity contribution in [2.75, 3.05) is 26.3 Å². The summed E-state index contributed by atoms with van der Waals surface area (Å²) >= 11 is 1.49. The van der Waals surface area contributed by atoms with E-state index in [1.54, 1.807) is 9.58 Å². The average Bonchev–Trinajstić information content (AvgIpc) is 3.40. The molecular weight excluding hydrogens is 482 g/mol. The van der Waals surface area contributed by atoms with Crippen molar-refractivity contribution in [2.24, 2.45) is 11.8 Å². The van der Waals surface area contributed by atoms with Crippen LogP contribution in [0.5, 0.6) is 0 Å². The highest BCUT2D eigenvalue weighted by molar-refractivity contribution is 8.02. The molecule has 6 rings (SSSR count). The number of benzene rings is 1. The van der Waals surface area contributed by atoms with Gasteiger partial charge in [0.1, 0.15) is 18.2 Å². The van der Waals surface area contributed by atoms with Gasteiger partial charge in [-0.1, -0.05) is 41.7 Å². The van der Waals surface area contributed by atoms with E-state index in [1.165, 1.54) is 16.7 Å². The van der Waals surface area contributed by atoms with Crippen molar-refractivity contribution in [2.45, 2.75) is 35.5 Å². The Morgan fingerprint density at radius 2 is 1.97 bits per heavy atom. The fourth-order valence-corrected chi connectivity index (χ4v) is 8.35. The highest BCUT2D eigenvalue weighted by Gasteiger charge is 2.73. The molecular formula is C25H27N5O5S. The molecule has 0 bridgehead atoms. The van der Waals surface area contributed by atoms with Gasteiger partial charge in [-0.3, -0.25) is 14.4 Å². The number of β-amino-alcohol motifs (C(OH)–C–C–N with tert-alkyl or cyclic N) is 1. The molecule has 0 saturated carbocycles. The second-order valence-electron chi connectivity index (χ2n) is 9.79. The van der Waals surface area contributed by atoms with Crippen molar-refractivity contribution < 1.29 is 24.2 Å². The first kappa shape index (κ1) is 23.2. The standard InChI is InChI=1S/C25H27N5O5S/c1-24-9-4-5-14-35-23(34)19(24)18-21(32)29(12-13-31)20-22(33)28(11-6-10-25(18,20)36-24)15-30-17-8-3-2-7-16(17)26-27-30/h2-4,6-10,18-20,31H,5,11-15H2,1H3/t18-,19+,20?,24-,25-/m0/s1. The lowest BCUT2D eigenvalue weighted by Crippen LogP contribution is -2.54. The summed E-state index contributed by atoms with van der Waals surface area (Å²) in [7, 11) is 0. The number of ether oxygens (including phenoxy) is 1. The van der Waals surface area contributed by atoms with Gasteiger partial charge in [-0.15, -0.1) is 16.9 Å². The van der Waals surface area contributed by atoms with Gasteiger partial charge in [0.25, 0.3) is 0 Å². The highest BCUT2D eigenvalue weighted by Crippen LogP contribution is 2.65. The van der Waals surface area contributed by atoms with E-state index < -0.39 is 33.3 Å². The number of fused-ring (bicyclic) bond motifs is 3. The number of carbonyl (C=O) groups is 3. The molecule has 4 aliphatic rings. The van der Waals surface area contributed by atoms with Gasteiger partial charge in [-0.25, -0.2) is 4.68 Å². The second-order valence-corrected chi connectivity index (χ2v) is 11.6. The van der Waals surface area contributed by atoms with Gasteiger partial charge in [0.2, 0.25) is 11.8 Å². The summed E-state index contributed by atoms with van der Waals surface area (Å²) < 4.78 is 5.52. The van der Waals surface area contributed by atoms with Crippen LogP contribution in [-0.4, -0.2) is 89.5 Å². The van der Waals surface area contributed by atoms with E-state index in [4.69, 9.17) is 4.74 Å². The summed E-state index contributed by atoms with van der Waals surface area (Å²) in [5.74, 6) is -2.46. The maximum absolute atomic E-state index is 14.2. The number of rotatable bonds is 4. The summed E-state index contributed by atoms with van der Waals surface area (Å²) in [6, 6.07) is 6.65. The van der Waals surface area contributed by atoms with E-state index in [9.17, 15) is 19.5 Å². The topological polar surface area (TPSA) is 118 Å². The number of thioether (sulfide) groups is 1. The number of aliphatic hydroxyl groups excluding tert-OH is 1. The Kier molecular flexibility index (Phi) is 5.45. The third-order valence-corrected chi connectivity index (χ3v) is 9.47. The molecule has 5 heterocycles. The number of likely N-dealkylation sites (tertiary alicyclic amines) is 1. The van der Waals surface area contributed by atoms with E-state index in [-0.39, 0.29) is 38.2 Å². The first-order valence-corrected chi connectivity index (χ1v) is 12.9. The Bertz CT molecular complexity index is 1310. The summed E-state index contributed by atoms with van der Waals surface area (Å²) in [4.78, 5) is 44.4. The van der Waals surface area contributed by atoms with E-state index in [0.717, 1.165) is 11.0 Å². The zero-order chi connectivity index (χ0) is 25.1. The number of carbonyl (C=O) groups excluding carboxylic acids is 3. The Hall–Kier alpha value is -3.18. The van der Waals surface area contributed by atoms with Gasteiger partial charge >= 0.3 is 5.97 Å². The number of amides is 2. The van der Waals surface area contributed by atoms with Crippen LogP contribution in [0.2, 0.25) is 0 Å². The molecule has 5 atom stereocenters. The van der Waals surface area contributed by atoms with Crippen molar-refractivity contribution in [1.82, 2.24) is 24.8 Å². The lowest BCUT2D eigenvalue weighted by atomic mass is 9.74. The average molecular weight is 510 g/mol. The van der Waals surface area contributed by atoms with Crippen LogP contribution < -0.4 is 0 Å². The van der Waals surface area contributed by atoms with E-state index in [0.29, 0.717) is 13.0 Å². The van der Waals surface area contributed by atoms with Crippen LogP contribution in [0.15, 0.2) is 48.6 Å². The van der Waals surface area contributed by atoms with Crippen LogP contribution in [0.4, 0.5) is 0 Å². The first-order chi connectivity index (χ1) is 17.4. The maximum atomic E-state index is 14.2. The minimum Gasteiger partial charge on any atom is -0.465 e. The van der Waals surface area contributed by atoms with Crippen LogP contribution in [0.25, 0.3) is 11.0 Å². The third kappa shape index (κ3) is 3.25. The molecule has 2 amide bonds. The van der Waals surface area contributed by atoms with Gasteiger partial charge < -0.3 is 19.6 Å². The van der Waals surface area contributed by atoms with Crippen LogP contribution in [0.1, 0.15) is 13.3 Å². The molecule has 0 aliphatic carbocycles. The molecule has 2 fully saturated rings. The first-order valence-electron chi connectivity index (χ1n) is 12.1. The van der Waals surface area contributed by atoms with Gasteiger partial charge in [0, 0.05) is 17.8 Å². The minimum atomic E-state index is -0.963. The molecule has 188 valence electrons. The van der Waals surface area contributed by atoms with E-state index >= 15 is 0 Å². The molecule has 2 aromatic rings. The van der Waals surface area contributed by atoms with E-state index in [1.807, 2.05) is 55.5 Å². The van der Waals surface area contributed by atoms with Gasteiger partial charge in [-0.2, -0.15) is 0 Å². The second kappa shape index (κ2) is 8.45. The molecule has 0 radical (unpaired) electrons. The fourth-order valence-electron chi connectivity index (χ4n) is 6.19. The van der Waals surface area contributed by atoms with Crippen molar-refractivity contribution in [1.29, 1.82) is 0 Å². The number of esters is 1. The summed E-state index contributed by atoms with van der Waals surface area (Å²) in [6.07, 6.45) is 8.44. The van der Waals surface area contributed by atoms with Crippen molar-refractivity contribution >= 4 is 40.6 Å². The minimum absolute atomic E-state index is 0.0102. The lowest BCUT2D eigenvalue weighted by Gasteiger charge is -2.36. The SMILES string of the molecule is C[C@]12C=CCCOC(=O)[C@H]1[C@H]1C(=O)N(CCO)C3C(=O)N(Cn4nnc5ccccc54)CC=C[C@@]31S2. The summed E-state index contributed by atoms with van der Waals surface area (Å²) in [6.45, 7) is 2.42. The fraction of sp³-hybridized carbons (Fsp3) is 0.480. The number of hydrogen-bond acceptors (Lipinski definition) is 8. The maximum Gasteiger partial charge on any atom is 0.311 e. The predicted molar refractivity (Wildman–Crippen MR) is 131 cm³/mol. The molecule has 4 aliphatic heterocycles. The lowest BCUT2D eigenvalue weighted by molar-refractivity contribution is -0.154. The largest absolute Gasteiger partial charge is 0.465 e. The molecule has 36 heavy (non-hydrogen) atoms. The van der Waals surface area contributed by atoms with Crippen LogP contribution in [0.3, 0.4) is 0 Å². The number of aromatic nitrogens is 3. The number of aliphatic hydroxyl groups is 1. The van der Waals surface area contributed by atoms with Gasteiger partial charge in [0.15, 0.2) is 0 Å². The Morgan fingerprint density at radius 3 is 2.81 bits per heavy atom. The van der Waals surface area contributed by atoms with Gasteiger partial charge in [-0.05, 0) is 25.5 Å². The molecule has 11 heteroatoms. The molecule has 1 spiro atoms. The molecule has 1 N–H and O–H groups in total. The number of cyclic esters (lactones) is 1. The summed E-state index contributed by atoms with van der Waals surface area (Å²) in [5, 5.41) is 18.2. The number of para-hydroxylation sites is 1. The highest BCUT2D eigenvalue weighted by atomic mass is 32.2. The number of nitrogens with zero attached hydrogens (tertiary/aromatic N) is 5. The monoisotopic (exact) mass is 509 g/mol.